The predicted molar refractivity (Wildman–Crippen MR) is 200 cm³/mol. The van der Waals surface area contributed by atoms with Crippen LogP contribution < -0.4 is 18.9 Å². The molecule has 12 nitrogen and oxygen atoms in total. The van der Waals surface area contributed by atoms with Gasteiger partial charge in [-0.1, -0.05) is 62.7 Å². The monoisotopic (exact) mass is 736 g/mol. The van der Waals surface area contributed by atoms with E-state index in [1.807, 2.05) is 0 Å². The standard InChI is InChI=1S/C42H40O12/c1-21(2)17-47-39(43)51-35-27-15-11-13-25(9)29(27)37(53-41(45)49-19-23(5)6)33-31(35)32-34(33)38(54-42(46)50-20-24(7)8)30-26(10)14-12-16-28(30)36(32)52-40(44)48-18-22(3)4/h11-16H,1,3,5,7,17-20H2,2,4,6,8-10H3. The zero-order valence-electron chi connectivity index (χ0n) is 31.0. The molecule has 0 spiro atoms. The van der Waals surface area contributed by atoms with Crippen LogP contribution in [-0.2, 0) is 18.9 Å². The highest BCUT2D eigenvalue weighted by atomic mass is 16.7. The van der Waals surface area contributed by atoms with Crippen LogP contribution in [-0.4, -0.2) is 51.0 Å². The summed E-state index contributed by atoms with van der Waals surface area (Å²) >= 11 is 0. The smallest absolute Gasteiger partial charge is 0.429 e. The summed E-state index contributed by atoms with van der Waals surface area (Å²) in [7, 11) is 0. The lowest BCUT2D eigenvalue weighted by Gasteiger charge is -2.23. The fraction of sp³-hybridized carbons (Fsp3) is 0.238. The van der Waals surface area contributed by atoms with Gasteiger partial charge in [0.2, 0.25) is 0 Å². The van der Waals surface area contributed by atoms with Crippen LogP contribution in [0.25, 0.3) is 21.5 Å². The lowest BCUT2D eigenvalue weighted by atomic mass is 9.89. The summed E-state index contributed by atoms with van der Waals surface area (Å²) in [5, 5.41) is 2.08. The van der Waals surface area contributed by atoms with Gasteiger partial charge in [-0.05, 0) is 75.0 Å². The highest BCUT2D eigenvalue weighted by Gasteiger charge is 2.31. The van der Waals surface area contributed by atoms with Gasteiger partial charge in [0.25, 0.3) is 0 Å². The van der Waals surface area contributed by atoms with Gasteiger partial charge < -0.3 is 37.9 Å². The van der Waals surface area contributed by atoms with Crippen LogP contribution >= 0.6 is 0 Å². The molecule has 0 amide bonds. The van der Waals surface area contributed by atoms with Crippen LogP contribution in [0.15, 0.2) is 85.0 Å². The van der Waals surface area contributed by atoms with Gasteiger partial charge in [0, 0.05) is 42.4 Å². The summed E-state index contributed by atoms with van der Waals surface area (Å²) in [5.41, 5.74) is 3.49. The molecule has 12 heteroatoms. The molecule has 0 saturated carbocycles. The number of carbonyl (C=O) groups excluding carboxylic acids is 4. The zero-order chi connectivity index (χ0) is 39.4. The molecule has 0 radical (unpaired) electrons. The summed E-state index contributed by atoms with van der Waals surface area (Å²) in [6.07, 6.45) is -4.25. The van der Waals surface area contributed by atoms with Crippen LogP contribution in [0.1, 0.15) is 38.8 Å². The van der Waals surface area contributed by atoms with Gasteiger partial charge in [0.15, 0.2) is 23.0 Å². The second kappa shape index (κ2) is 16.0. The number of rotatable bonds is 12. The van der Waals surface area contributed by atoms with E-state index in [2.05, 4.69) is 26.3 Å². The summed E-state index contributed by atoms with van der Waals surface area (Å²) in [6, 6.07) is 10.3. The fourth-order valence-electron chi connectivity index (χ4n) is 5.78. The summed E-state index contributed by atoms with van der Waals surface area (Å²) < 4.78 is 45.1. The van der Waals surface area contributed by atoms with E-state index in [4.69, 9.17) is 37.9 Å². The lowest BCUT2D eigenvalue weighted by molar-refractivity contribution is 0.104. The SMILES string of the molecule is C=C(C)COC(=O)Oc1c2c(c(OC(=O)OCC(=C)C)c3c(C)cccc13)=c1c(OC(=O)OCC(=C)C)c3c(C)cccc3c(OC(=O)OCC(=C)C)c1=2. The Balaban J connectivity index is 1.99. The quantitative estimate of drug-likeness (QED) is 0.0521. The van der Waals surface area contributed by atoms with Crippen molar-refractivity contribution in [3.63, 3.8) is 0 Å². The van der Waals surface area contributed by atoms with Gasteiger partial charge in [-0.3, -0.25) is 0 Å². The maximum absolute atomic E-state index is 13.3. The van der Waals surface area contributed by atoms with Crippen LogP contribution in [0.4, 0.5) is 19.2 Å². The van der Waals surface area contributed by atoms with E-state index < -0.39 is 24.6 Å². The minimum atomic E-state index is -1.06. The minimum absolute atomic E-state index is 0.0103. The second-order valence-electron chi connectivity index (χ2n) is 13.2. The van der Waals surface area contributed by atoms with E-state index in [-0.39, 0.29) is 70.3 Å². The van der Waals surface area contributed by atoms with Crippen LogP contribution in [0, 0.1) is 34.7 Å². The molecule has 1 aliphatic carbocycles. The van der Waals surface area contributed by atoms with Crippen molar-refractivity contribution in [1.82, 2.24) is 0 Å². The molecule has 4 aromatic carbocycles. The first kappa shape index (κ1) is 38.7. The average Bonchev–Trinajstić information content (AvgIpc) is 3.08. The molecule has 1 aliphatic rings. The van der Waals surface area contributed by atoms with E-state index in [1.54, 1.807) is 77.9 Å². The summed E-state index contributed by atoms with van der Waals surface area (Å²) in [6.45, 7) is 24.9. The molecule has 0 aliphatic heterocycles. The Kier molecular flexibility index (Phi) is 11.4. The van der Waals surface area contributed by atoms with Crippen molar-refractivity contribution in [1.29, 1.82) is 0 Å². The Morgan fingerprint density at radius 1 is 0.444 bits per heavy atom. The molecule has 0 saturated heterocycles. The molecule has 5 rings (SSSR count). The molecule has 0 bridgehead atoms. The van der Waals surface area contributed by atoms with Crippen molar-refractivity contribution in [3.05, 3.63) is 117 Å². The van der Waals surface area contributed by atoms with Gasteiger partial charge in [-0.15, -0.1) is 0 Å². The van der Waals surface area contributed by atoms with Crippen molar-refractivity contribution in [3.8, 4) is 23.0 Å². The van der Waals surface area contributed by atoms with Crippen LogP contribution in [0.3, 0.4) is 0 Å². The normalized spacial score (nSPS) is 10.9. The average molecular weight is 737 g/mol. The van der Waals surface area contributed by atoms with E-state index >= 15 is 0 Å². The van der Waals surface area contributed by atoms with Gasteiger partial charge in [-0.2, -0.15) is 0 Å². The first-order valence-electron chi connectivity index (χ1n) is 16.7. The number of hydrogen-bond donors (Lipinski definition) is 0. The maximum atomic E-state index is 13.3. The number of fused-ring (bicyclic) bond motifs is 4. The molecule has 0 unspecified atom stereocenters. The third-order valence-corrected chi connectivity index (χ3v) is 7.88. The molecule has 280 valence electrons. The van der Waals surface area contributed by atoms with E-state index in [9.17, 15) is 19.2 Å². The maximum Gasteiger partial charge on any atom is 0.514 e. The summed E-state index contributed by atoms with van der Waals surface area (Å²) in [4.78, 5) is 53.1. The third-order valence-electron chi connectivity index (χ3n) is 7.88. The molecule has 0 heterocycles. The lowest BCUT2D eigenvalue weighted by Crippen LogP contribution is -2.18. The molecular weight excluding hydrogens is 696 g/mol. The Labute approximate surface area is 310 Å². The Bertz CT molecular complexity index is 2340. The van der Waals surface area contributed by atoms with Crippen molar-refractivity contribution < 1.29 is 57.1 Å². The number of hydrogen-bond acceptors (Lipinski definition) is 12. The van der Waals surface area contributed by atoms with Gasteiger partial charge in [0.1, 0.15) is 26.4 Å². The molecule has 0 fully saturated rings. The topological polar surface area (TPSA) is 142 Å². The van der Waals surface area contributed by atoms with Crippen molar-refractivity contribution in [2.24, 2.45) is 0 Å². The largest absolute Gasteiger partial charge is 0.514 e. The van der Waals surface area contributed by atoms with E-state index in [0.29, 0.717) is 55.0 Å². The molecule has 54 heavy (non-hydrogen) atoms. The van der Waals surface area contributed by atoms with Crippen molar-refractivity contribution in [2.75, 3.05) is 26.4 Å². The van der Waals surface area contributed by atoms with Crippen LogP contribution in [0.2, 0.25) is 0 Å². The Hall–Kier alpha value is -6.56. The summed E-state index contributed by atoms with van der Waals surface area (Å²) in [5.74, 6) is -0.0604. The van der Waals surface area contributed by atoms with Gasteiger partial charge in [0.05, 0.1) is 0 Å². The third kappa shape index (κ3) is 8.07. The number of benzene rings is 4. The van der Waals surface area contributed by atoms with Crippen molar-refractivity contribution in [2.45, 2.75) is 41.5 Å². The number of carbonyl (C=O) groups is 4. The Morgan fingerprint density at radius 2 is 0.704 bits per heavy atom. The number of ether oxygens (including phenoxy) is 8. The van der Waals surface area contributed by atoms with Crippen molar-refractivity contribution >= 4 is 46.2 Å². The zero-order valence-corrected chi connectivity index (χ0v) is 31.0. The van der Waals surface area contributed by atoms with E-state index in [0.717, 1.165) is 0 Å². The molecule has 0 atom stereocenters. The fourth-order valence-corrected chi connectivity index (χ4v) is 5.78. The van der Waals surface area contributed by atoms with E-state index in [1.165, 1.54) is 0 Å². The number of aryl methyl sites for hydroxylation is 2. The van der Waals surface area contributed by atoms with Gasteiger partial charge in [-0.25, -0.2) is 19.2 Å². The minimum Gasteiger partial charge on any atom is -0.429 e. The van der Waals surface area contributed by atoms with Gasteiger partial charge >= 0.3 is 24.6 Å². The first-order valence-corrected chi connectivity index (χ1v) is 16.7. The Morgan fingerprint density at radius 3 is 0.981 bits per heavy atom. The predicted octanol–water partition coefficient (Wildman–Crippen LogP) is 9.86. The molecule has 0 N–H and O–H groups in total. The highest BCUT2D eigenvalue weighted by molar-refractivity contribution is 6.02. The first-order chi connectivity index (χ1) is 25.6. The molecular formula is C42H40O12. The molecule has 4 aromatic rings. The molecule has 0 aromatic heterocycles. The highest BCUT2D eigenvalue weighted by Crippen LogP contribution is 2.48. The second-order valence-corrected chi connectivity index (χ2v) is 13.2. The van der Waals surface area contributed by atoms with Crippen LogP contribution in [0.5, 0.6) is 23.0 Å².